The summed E-state index contributed by atoms with van der Waals surface area (Å²) in [5, 5.41) is 11.4. The number of ether oxygens (including phenoxy) is 1. The second-order valence-corrected chi connectivity index (χ2v) is 5.95. The van der Waals surface area contributed by atoms with Gasteiger partial charge in [0.1, 0.15) is 11.8 Å². The molecule has 0 aromatic carbocycles. The normalized spacial score (nSPS) is 24.6. The molecule has 1 fully saturated rings. The number of imidazole rings is 1. The molecule has 0 unspecified atom stereocenters. The second kappa shape index (κ2) is 4.90. The Balaban J connectivity index is 1.79. The molecule has 0 spiro atoms. The highest BCUT2D eigenvalue weighted by Gasteiger charge is 2.22. The highest BCUT2D eigenvalue weighted by atomic mass is 32.1. The molecule has 2 aromatic heterocycles. The zero-order valence-corrected chi connectivity index (χ0v) is 11.3. The Morgan fingerprint density at radius 3 is 2.94 bits per heavy atom. The zero-order chi connectivity index (χ0) is 12.5. The lowest BCUT2D eigenvalue weighted by Crippen LogP contribution is -2.23. The number of aliphatic hydroxyl groups excluding tert-OH is 1. The van der Waals surface area contributed by atoms with Gasteiger partial charge in [0.05, 0.1) is 6.61 Å². The zero-order valence-electron chi connectivity index (χ0n) is 10.5. The van der Waals surface area contributed by atoms with E-state index in [1.165, 1.54) is 12.8 Å². The largest absolute Gasteiger partial charge is 0.473 e. The van der Waals surface area contributed by atoms with Crippen LogP contribution in [-0.2, 0) is 6.61 Å². The molecule has 4 nitrogen and oxygen atoms in total. The van der Waals surface area contributed by atoms with Crippen LogP contribution in [-0.4, -0.2) is 20.6 Å². The van der Waals surface area contributed by atoms with E-state index in [0.29, 0.717) is 5.88 Å². The smallest absolute Gasteiger partial charge is 0.239 e. The van der Waals surface area contributed by atoms with Crippen molar-refractivity contribution < 1.29 is 9.84 Å². The highest BCUT2D eigenvalue weighted by molar-refractivity contribution is 7.15. The molecule has 0 aliphatic heterocycles. The SMILES string of the molecule is CC1CCC(Oc2nc3sccn3c2CO)CC1. The molecule has 0 bridgehead atoms. The van der Waals surface area contributed by atoms with Crippen LogP contribution in [0.2, 0.25) is 0 Å². The van der Waals surface area contributed by atoms with Gasteiger partial charge in [0, 0.05) is 11.6 Å². The lowest BCUT2D eigenvalue weighted by Gasteiger charge is -2.26. The Morgan fingerprint density at radius 2 is 2.22 bits per heavy atom. The van der Waals surface area contributed by atoms with Crippen molar-refractivity contribution in [1.29, 1.82) is 0 Å². The molecule has 2 aromatic rings. The quantitative estimate of drug-likeness (QED) is 0.929. The predicted molar refractivity (Wildman–Crippen MR) is 71.0 cm³/mol. The van der Waals surface area contributed by atoms with Gasteiger partial charge >= 0.3 is 0 Å². The fourth-order valence-electron chi connectivity index (χ4n) is 2.56. The molecule has 0 atom stereocenters. The summed E-state index contributed by atoms with van der Waals surface area (Å²) in [5.74, 6) is 1.43. The fourth-order valence-corrected chi connectivity index (χ4v) is 3.28. The van der Waals surface area contributed by atoms with Crippen LogP contribution in [0, 0.1) is 5.92 Å². The predicted octanol–water partition coefficient (Wildman–Crippen LogP) is 2.85. The average molecular weight is 266 g/mol. The van der Waals surface area contributed by atoms with Crippen LogP contribution in [0.15, 0.2) is 11.6 Å². The monoisotopic (exact) mass is 266 g/mol. The summed E-state index contributed by atoms with van der Waals surface area (Å²) in [7, 11) is 0. The molecule has 3 rings (SSSR count). The van der Waals surface area contributed by atoms with E-state index in [1.807, 2.05) is 16.0 Å². The van der Waals surface area contributed by atoms with Gasteiger partial charge in [0.15, 0.2) is 4.96 Å². The maximum Gasteiger partial charge on any atom is 0.239 e. The number of aliphatic hydroxyl groups is 1. The van der Waals surface area contributed by atoms with Crippen LogP contribution in [0.3, 0.4) is 0 Å². The summed E-state index contributed by atoms with van der Waals surface area (Å²) in [5.41, 5.74) is 0.768. The van der Waals surface area contributed by atoms with Crippen LogP contribution < -0.4 is 4.74 Å². The van der Waals surface area contributed by atoms with Gasteiger partial charge in [-0.2, -0.15) is 4.98 Å². The summed E-state index contributed by atoms with van der Waals surface area (Å²) in [6.45, 7) is 2.26. The van der Waals surface area contributed by atoms with E-state index < -0.39 is 0 Å². The molecule has 2 heterocycles. The lowest BCUT2D eigenvalue weighted by molar-refractivity contribution is 0.126. The van der Waals surface area contributed by atoms with Crippen molar-refractivity contribution in [2.75, 3.05) is 0 Å². The molecule has 0 radical (unpaired) electrons. The standard InChI is InChI=1S/C13H18N2O2S/c1-9-2-4-10(5-3-9)17-12-11(8-16)15-6-7-18-13(15)14-12/h6-7,9-10,16H,2-5,8H2,1H3. The molecule has 1 aliphatic carbocycles. The Hall–Kier alpha value is -1.07. The average Bonchev–Trinajstić information content (AvgIpc) is 2.92. The Labute approximate surface area is 110 Å². The Bertz CT molecular complexity index is 526. The third-order valence-corrected chi connectivity index (χ3v) is 4.47. The van der Waals surface area contributed by atoms with Crippen LogP contribution >= 0.6 is 11.3 Å². The molecule has 98 valence electrons. The molecule has 5 heteroatoms. The molecule has 18 heavy (non-hydrogen) atoms. The third kappa shape index (κ3) is 2.12. The van der Waals surface area contributed by atoms with Gasteiger partial charge in [0.2, 0.25) is 5.88 Å². The van der Waals surface area contributed by atoms with Crippen molar-refractivity contribution in [2.45, 2.75) is 45.3 Å². The second-order valence-electron chi connectivity index (χ2n) is 5.08. The van der Waals surface area contributed by atoms with E-state index in [1.54, 1.807) is 11.3 Å². The first kappa shape index (κ1) is 12.0. The molecular formula is C13H18N2O2S. The highest BCUT2D eigenvalue weighted by Crippen LogP contribution is 2.29. The summed E-state index contributed by atoms with van der Waals surface area (Å²) >= 11 is 1.56. The van der Waals surface area contributed by atoms with E-state index >= 15 is 0 Å². The lowest BCUT2D eigenvalue weighted by atomic mass is 9.89. The fraction of sp³-hybridized carbons (Fsp3) is 0.615. The van der Waals surface area contributed by atoms with E-state index in [9.17, 15) is 5.11 Å². The Kier molecular flexibility index (Phi) is 3.26. The molecule has 0 saturated heterocycles. The van der Waals surface area contributed by atoms with E-state index in [2.05, 4.69) is 11.9 Å². The van der Waals surface area contributed by atoms with Crippen molar-refractivity contribution >= 4 is 16.3 Å². The van der Waals surface area contributed by atoms with Gasteiger partial charge in [-0.3, -0.25) is 4.40 Å². The van der Waals surface area contributed by atoms with Gasteiger partial charge in [-0.15, -0.1) is 11.3 Å². The minimum atomic E-state index is -0.0314. The van der Waals surface area contributed by atoms with Crippen LogP contribution in [0.1, 0.15) is 38.3 Å². The summed E-state index contributed by atoms with van der Waals surface area (Å²) in [4.78, 5) is 5.34. The number of fused-ring (bicyclic) bond motifs is 1. The van der Waals surface area contributed by atoms with Crippen molar-refractivity contribution in [3.8, 4) is 5.88 Å². The first-order valence-electron chi connectivity index (χ1n) is 6.50. The molecule has 1 saturated carbocycles. The summed E-state index contributed by atoms with van der Waals surface area (Å²) in [6, 6.07) is 0. The third-order valence-electron chi connectivity index (χ3n) is 3.72. The van der Waals surface area contributed by atoms with E-state index in [0.717, 1.165) is 29.4 Å². The van der Waals surface area contributed by atoms with Gasteiger partial charge in [-0.1, -0.05) is 6.92 Å². The maximum absolute atomic E-state index is 9.46. The summed E-state index contributed by atoms with van der Waals surface area (Å²) < 4.78 is 7.89. The molecule has 1 aliphatic rings. The van der Waals surface area contributed by atoms with Gasteiger partial charge in [-0.25, -0.2) is 0 Å². The van der Waals surface area contributed by atoms with Crippen LogP contribution in [0.5, 0.6) is 5.88 Å². The number of thiazole rings is 1. The van der Waals surface area contributed by atoms with Crippen LogP contribution in [0.25, 0.3) is 4.96 Å². The molecule has 1 N–H and O–H groups in total. The maximum atomic E-state index is 9.46. The minimum Gasteiger partial charge on any atom is -0.473 e. The Morgan fingerprint density at radius 1 is 1.44 bits per heavy atom. The van der Waals surface area contributed by atoms with E-state index in [4.69, 9.17) is 4.74 Å². The first-order valence-corrected chi connectivity index (χ1v) is 7.38. The summed E-state index contributed by atoms with van der Waals surface area (Å²) in [6.07, 6.45) is 6.82. The van der Waals surface area contributed by atoms with Gasteiger partial charge < -0.3 is 9.84 Å². The molecule has 0 amide bonds. The van der Waals surface area contributed by atoms with Gasteiger partial charge in [0.25, 0.3) is 0 Å². The topological polar surface area (TPSA) is 46.8 Å². The van der Waals surface area contributed by atoms with E-state index in [-0.39, 0.29) is 12.7 Å². The van der Waals surface area contributed by atoms with Crippen LogP contribution in [0.4, 0.5) is 0 Å². The first-order chi connectivity index (χ1) is 8.78. The number of aromatic nitrogens is 2. The molecular weight excluding hydrogens is 248 g/mol. The van der Waals surface area contributed by atoms with Crippen molar-refractivity contribution in [3.05, 3.63) is 17.3 Å². The van der Waals surface area contributed by atoms with Crippen molar-refractivity contribution in [3.63, 3.8) is 0 Å². The van der Waals surface area contributed by atoms with Crippen molar-refractivity contribution in [1.82, 2.24) is 9.38 Å². The number of hydrogen-bond acceptors (Lipinski definition) is 4. The number of hydrogen-bond donors (Lipinski definition) is 1. The van der Waals surface area contributed by atoms with Gasteiger partial charge in [-0.05, 0) is 31.6 Å². The minimum absolute atomic E-state index is 0.0314. The number of rotatable bonds is 3. The van der Waals surface area contributed by atoms with Crippen molar-refractivity contribution in [2.24, 2.45) is 5.92 Å². The number of nitrogens with zero attached hydrogens (tertiary/aromatic N) is 2.